The number of likely N-dealkylation sites (N-methyl/N-ethyl adjacent to an activating group) is 1. The number of anilines is 1. The predicted molar refractivity (Wildman–Crippen MR) is 105 cm³/mol. The minimum atomic E-state index is -0.280. The SMILES string of the molecule is C=CCOc1ccc(CN(C)[C@@H](C)C(=O)Nc2cccc(OC)c2)cc1. The van der Waals surface area contributed by atoms with E-state index in [1.165, 1.54) is 0 Å². The minimum Gasteiger partial charge on any atom is -0.497 e. The summed E-state index contributed by atoms with van der Waals surface area (Å²) in [6.07, 6.45) is 1.71. The van der Waals surface area contributed by atoms with Crippen LogP contribution in [0.1, 0.15) is 12.5 Å². The van der Waals surface area contributed by atoms with Gasteiger partial charge in [0.05, 0.1) is 13.2 Å². The molecule has 0 aliphatic heterocycles. The molecule has 1 amide bonds. The highest BCUT2D eigenvalue weighted by Crippen LogP contribution is 2.18. The first-order valence-electron chi connectivity index (χ1n) is 8.51. The summed E-state index contributed by atoms with van der Waals surface area (Å²) in [7, 11) is 3.53. The zero-order valence-electron chi connectivity index (χ0n) is 15.6. The lowest BCUT2D eigenvalue weighted by molar-refractivity contribution is -0.120. The third-order valence-electron chi connectivity index (χ3n) is 4.10. The molecule has 0 radical (unpaired) electrons. The fraction of sp³-hybridized carbons (Fsp3) is 0.286. The highest BCUT2D eigenvalue weighted by atomic mass is 16.5. The molecule has 0 aliphatic carbocycles. The minimum absolute atomic E-state index is 0.0633. The molecular weight excluding hydrogens is 328 g/mol. The summed E-state index contributed by atoms with van der Waals surface area (Å²) < 4.78 is 10.7. The normalized spacial score (nSPS) is 11.7. The predicted octanol–water partition coefficient (Wildman–Crippen LogP) is 3.72. The van der Waals surface area contributed by atoms with E-state index in [1.807, 2.05) is 61.3 Å². The number of nitrogens with one attached hydrogen (secondary N) is 1. The second kappa shape index (κ2) is 9.63. The Morgan fingerprint density at radius 1 is 1.23 bits per heavy atom. The molecule has 0 aliphatic rings. The van der Waals surface area contributed by atoms with Crippen LogP contribution in [0, 0.1) is 0 Å². The maximum absolute atomic E-state index is 12.5. The molecule has 26 heavy (non-hydrogen) atoms. The summed E-state index contributed by atoms with van der Waals surface area (Å²) in [4.78, 5) is 14.5. The summed E-state index contributed by atoms with van der Waals surface area (Å²) in [6, 6.07) is 14.9. The van der Waals surface area contributed by atoms with E-state index in [9.17, 15) is 4.79 Å². The number of hydrogen-bond donors (Lipinski definition) is 1. The molecular formula is C21H26N2O3. The second-order valence-corrected chi connectivity index (χ2v) is 6.06. The Bertz CT molecular complexity index is 728. The lowest BCUT2D eigenvalue weighted by Gasteiger charge is -2.24. The summed E-state index contributed by atoms with van der Waals surface area (Å²) >= 11 is 0. The van der Waals surface area contributed by atoms with E-state index in [-0.39, 0.29) is 11.9 Å². The molecule has 138 valence electrons. The van der Waals surface area contributed by atoms with Crippen molar-refractivity contribution in [3.8, 4) is 11.5 Å². The van der Waals surface area contributed by atoms with Gasteiger partial charge >= 0.3 is 0 Å². The zero-order chi connectivity index (χ0) is 18.9. The number of methoxy groups -OCH3 is 1. The van der Waals surface area contributed by atoms with Crippen molar-refractivity contribution in [3.63, 3.8) is 0 Å². The molecule has 1 N–H and O–H groups in total. The molecule has 5 nitrogen and oxygen atoms in total. The van der Waals surface area contributed by atoms with Crippen LogP contribution in [-0.4, -0.2) is 37.6 Å². The van der Waals surface area contributed by atoms with Crippen LogP contribution in [-0.2, 0) is 11.3 Å². The van der Waals surface area contributed by atoms with Crippen molar-refractivity contribution in [2.75, 3.05) is 26.1 Å². The van der Waals surface area contributed by atoms with Gasteiger partial charge in [0.2, 0.25) is 5.91 Å². The van der Waals surface area contributed by atoms with Gasteiger partial charge in [-0.3, -0.25) is 9.69 Å². The van der Waals surface area contributed by atoms with Crippen molar-refractivity contribution in [3.05, 3.63) is 66.7 Å². The maximum atomic E-state index is 12.5. The zero-order valence-corrected chi connectivity index (χ0v) is 15.6. The molecule has 2 aromatic rings. The number of benzene rings is 2. The van der Waals surface area contributed by atoms with E-state index in [4.69, 9.17) is 9.47 Å². The van der Waals surface area contributed by atoms with Crippen molar-refractivity contribution < 1.29 is 14.3 Å². The molecule has 0 bridgehead atoms. The number of carbonyl (C=O) groups excluding carboxylic acids is 1. The van der Waals surface area contributed by atoms with Crippen LogP contribution in [0.3, 0.4) is 0 Å². The van der Waals surface area contributed by atoms with E-state index in [2.05, 4.69) is 11.9 Å². The van der Waals surface area contributed by atoms with Crippen LogP contribution >= 0.6 is 0 Å². The van der Waals surface area contributed by atoms with Gasteiger partial charge in [0, 0.05) is 18.3 Å². The number of nitrogens with zero attached hydrogens (tertiary/aromatic N) is 1. The van der Waals surface area contributed by atoms with Gasteiger partial charge in [-0.25, -0.2) is 0 Å². The quantitative estimate of drug-likeness (QED) is 0.697. The van der Waals surface area contributed by atoms with E-state index in [1.54, 1.807) is 19.3 Å². The highest BCUT2D eigenvalue weighted by Gasteiger charge is 2.18. The smallest absolute Gasteiger partial charge is 0.241 e. The number of rotatable bonds is 9. The molecule has 0 aromatic heterocycles. The maximum Gasteiger partial charge on any atom is 0.241 e. The first-order valence-corrected chi connectivity index (χ1v) is 8.51. The van der Waals surface area contributed by atoms with Gasteiger partial charge < -0.3 is 14.8 Å². The molecule has 0 saturated heterocycles. The number of hydrogen-bond acceptors (Lipinski definition) is 4. The lowest BCUT2D eigenvalue weighted by atomic mass is 10.1. The van der Waals surface area contributed by atoms with Gasteiger partial charge in [0.25, 0.3) is 0 Å². The van der Waals surface area contributed by atoms with Crippen molar-refractivity contribution in [2.45, 2.75) is 19.5 Å². The largest absolute Gasteiger partial charge is 0.497 e. The molecule has 0 saturated carbocycles. The Morgan fingerprint density at radius 3 is 2.62 bits per heavy atom. The Labute approximate surface area is 155 Å². The van der Waals surface area contributed by atoms with E-state index in [0.29, 0.717) is 18.9 Å². The summed E-state index contributed by atoms with van der Waals surface area (Å²) in [5.74, 6) is 1.45. The molecule has 0 fully saturated rings. The van der Waals surface area contributed by atoms with Crippen LogP contribution in [0.4, 0.5) is 5.69 Å². The average Bonchev–Trinajstić information content (AvgIpc) is 2.66. The van der Waals surface area contributed by atoms with Crippen LogP contribution in [0.5, 0.6) is 11.5 Å². The molecule has 2 aromatic carbocycles. The molecule has 0 unspecified atom stereocenters. The molecule has 1 atom stereocenters. The van der Waals surface area contributed by atoms with Crippen molar-refractivity contribution in [1.29, 1.82) is 0 Å². The Balaban J connectivity index is 1.92. The average molecular weight is 354 g/mol. The molecule has 2 rings (SSSR count). The monoisotopic (exact) mass is 354 g/mol. The van der Waals surface area contributed by atoms with E-state index < -0.39 is 0 Å². The van der Waals surface area contributed by atoms with Gasteiger partial charge in [-0.05, 0) is 43.8 Å². The molecule has 5 heteroatoms. The van der Waals surface area contributed by atoms with Crippen molar-refractivity contribution in [2.24, 2.45) is 0 Å². The summed E-state index contributed by atoms with van der Waals surface area (Å²) in [5, 5.41) is 2.93. The van der Waals surface area contributed by atoms with Crippen LogP contribution in [0.15, 0.2) is 61.2 Å². The first kappa shape index (κ1) is 19.5. The standard InChI is InChI=1S/C21H26N2O3/c1-5-13-26-19-11-9-17(10-12-19)15-23(3)16(2)21(24)22-18-7-6-8-20(14-18)25-4/h5-12,14,16H,1,13,15H2,2-4H3,(H,22,24)/t16-/m0/s1. The Kier molecular flexibility index (Phi) is 7.24. The lowest BCUT2D eigenvalue weighted by Crippen LogP contribution is -2.39. The summed E-state index contributed by atoms with van der Waals surface area (Å²) in [6.45, 7) is 6.67. The van der Waals surface area contributed by atoms with E-state index >= 15 is 0 Å². The van der Waals surface area contributed by atoms with Crippen molar-refractivity contribution >= 4 is 11.6 Å². The first-order chi connectivity index (χ1) is 12.5. The van der Waals surface area contributed by atoms with Gasteiger partial charge in [-0.1, -0.05) is 30.9 Å². The number of carbonyl (C=O) groups is 1. The van der Waals surface area contributed by atoms with Gasteiger partial charge in [0.1, 0.15) is 18.1 Å². The van der Waals surface area contributed by atoms with Crippen LogP contribution in [0.2, 0.25) is 0 Å². The number of ether oxygens (including phenoxy) is 2. The van der Waals surface area contributed by atoms with Crippen LogP contribution < -0.4 is 14.8 Å². The summed E-state index contributed by atoms with van der Waals surface area (Å²) in [5.41, 5.74) is 1.83. The highest BCUT2D eigenvalue weighted by molar-refractivity contribution is 5.94. The topological polar surface area (TPSA) is 50.8 Å². The Hall–Kier alpha value is -2.79. The van der Waals surface area contributed by atoms with Gasteiger partial charge in [0.15, 0.2) is 0 Å². The molecule has 0 spiro atoms. The third-order valence-corrected chi connectivity index (χ3v) is 4.10. The van der Waals surface area contributed by atoms with Gasteiger partial charge in [-0.2, -0.15) is 0 Å². The van der Waals surface area contributed by atoms with Gasteiger partial charge in [-0.15, -0.1) is 0 Å². The third kappa shape index (κ3) is 5.63. The fourth-order valence-corrected chi connectivity index (χ4v) is 2.42. The van der Waals surface area contributed by atoms with Crippen molar-refractivity contribution in [1.82, 2.24) is 4.90 Å². The second-order valence-electron chi connectivity index (χ2n) is 6.06. The van der Waals surface area contributed by atoms with E-state index in [0.717, 1.165) is 17.0 Å². The van der Waals surface area contributed by atoms with Crippen LogP contribution in [0.25, 0.3) is 0 Å². The fourth-order valence-electron chi connectivity index (χ4n) is 2.42. The molecule has 0 heterocycles. The Morgan fingerprint density at radius 2 is 1.96 bits per heavy atom. The number of amides is 1.